The highest BCUT2D eigenvalue weighted by Crippen LogP contribution is 2.27. The zero-order valence-corrected chi connectivity index (χ0v) is 14.7. The number of hydrogen-bond acceptors (Lipinski definition) is 5. The Morgan fingerprint density at radius 3 is 2.67 bits per heavy atom. The zero-order chi connectivity index (χ0) is 17.1. The Hall–Kier alpha value is -2.54. The van der Waals surface area contributed by atoms with Crippen molar-refractivity contribution >= 4 is 22.9 Å². The lowest BCUT2D eigenvalue weighted by atomic mass is 10.1. The van der Waals surface area contributed by atoms with Crippen LogP contribution < -0.4 is 5.32 Å². The van der Waals surface area contributed by atoms with Gasteiger partial charge in [0.25, 0.3) is 5.91 Å². The Labute approximate surface area is 144 Å². The van der Waals surface area contributed by atoms with E-state index in [1.165, 1.54) is 6.33 Å². The van der Waals surface area contributed by atoms with Crippen LogP contribution in [0.15, 0.2) is 36.9 Å². The fourth-order valence-corrected chi connectivity index (χ4v) is 3.31. The summed E-state index contributed by atoms with van der Waals surface area (Å²) in [5, 5.41) is 7.91. The number of aryl methyl sites for hydroxylation is 1. The molecule has 1 N–H and O–H groups in total. The molecule has 1 amide bonds. The molecule has 3 aromatic rings. The van der Waals surface area contributed by atoms with Gasteiger partial charge in [-0.05, 0) is 30.5 Å². The molecule has 0 aliphatic carbocycles. The minimum Gasteiger partial charge on any atom is -0.321 e. The van der Waals surface area contributed by atoms with Crippen LogP contribution in [0.5, 0.6) is 0 Å². The topological polar surface area (TPSA) is 72.7 Å². The van der Waals surface area contributed by atoms with Crippen molar-refractivity contribution in [3.05, 3.63) is 58.1 Å². The second kappa shape index (κ2) is 6.92. The molecule has 7 heteroatoms. The van der Waals surface area contributed by atoms with Crippen LogP contribution in [-0.2, 0) is 6.54 Å². The van der Waals surface area contributed by atoms with Gasteiger partial charge in [0, 0.05) is 10.6 Å². The van der Waals surface area contributed by atoms with Crippen LogP contribution in [0.2, 0.25) is 0 Å². The normalized spacial score (nSPS) is 11.0. The number of aromatic nitrogens is 4. The van der Waals surface area contributed by atoms with E-state index in [2.05, 4.69) is 34.2 Å². The lowest BCUT2D eigenvalue weighted by Crippen LogP contribution is -2.14. The third kappa shape index (κ3) is 3.68. The fraction of sp³-hybridized carbons (Fsp3) is 0.294. The Morgan fingerprint density at radius 1 is 1.29 bits per heavy atom. The van der Waals surface area contributed by atoms with E-state index in [1.54, 1.807) is 22.3 Å². The Balaban J connectivity index is 1.71. The smallest absolute Gasteiger partial charge is 0.275 e. The van der Waals surface area contributed by atoms with Crippen LogP contribution in [0.1, 0.15) is 45.7 Å². The molecule has 0 aliphatic rings. The number of amides is 1. The molecule has 2 heterocycles. The largest absolute Gasteiger partial charge is 0.321 e. The van der Waals surface area contributed by atoms with Gasteiger partial charge >= 0.3 is 0 Å². The summed E-state index contributed by atoms with van der Waals surface area (Å²) in [6.45, 7) is 6.72. The van der Waals surface area contributed by atoms with Crippen molar-refractivity contribution in [1.29, 1.82) is 0 Å². The summed E-state index contributed by atoms with van der Waals surface area (Å²) < 4.78 is 1.75. The summed E-state index contributed by atoms with van der Waals surface area (Å²) in [4.78, 5) is 21.8. The van der Waals surface area contributed by atoms with E-state index < -0.39 is 0 Å². The molecule has 0 unspecified atom stereocenters. The van der Waals surface area contributed by atoms with Gasteiger partial charge in [0.05, 0.1) is 11.6 Å². The van der Waals surface area contributed by atoms with Crippen molar-refractivity contribution in [2.24, 2.45) is 0 Å². The van der Waals surface area contributed by atoms with Gasteiger partial charge in [0.1, 0.15) is 18.3 Å². The maximum absolute atomic E-state index is 12.5. The monoisotopic (exact) mass is 341 g/mol. The highest BCUT2D eigenvalue weighted by atomic mass is 32.1. The van der Waals surface area contributed by atoms with Gasteiger partial charge in [0.2, 0.25) is 0 Å². The SMILES string of the molecule is Cc1nc(C(=O)Nc2ccc(Cn3cncn3)cc2)c(C(C)C)s1. The van der Waals surface area contributed by atoms with Gasteiger partial charge in [-0.1, -0.05) is 26.0 Å². The summed E-state index contributed by atoms with van der Waals surface area (Å²) >= 11 is 1.58. The van der Waals surface area contributed by atoms with Gasteiger partial charge in [-0.2, -0.15) is 5.10 Å². The lowest BCUT2D eigenvalue weighted by molar-refractivity contribution is 0.102. The number of nitrogens with zero attached hydrogens (tertiary/aromatic N) is 4. The number of hydrogen-bond donors (Lipinski definition) is 1. The third-order valence-electron chi connectivity index (χ3n) is 3.52. The van der Waals surface area contributed by atoms with E-state index in [9.17, 15) is 4.79 Å². The van der Waals surface area contributed by atoms with Crippen molar-refractivity contribution in [3.8, 4) is 0 Å². The van der Waals surface area contributed by atoms with Gasteiger partial charge < -0.3 is 5.32 Å². The summed E-state index contributed by atoms with van der Waals surface area (Å²) in [7, 11) is 0. The van der Waals surface area contributed by atoms with E-state index >= 15 is 0 Å². The first-order valence-corrected chi connectivity index (χ1v) is 8.54. The molecule has 0 aliphatic heterocycles. The molecule has 0 saturated heterocycles. The molecule has 0 saturated carbocycles. The Bertz CT molecular complexity index is 821. The van der Waals surface area contributed by atoms with Crippen molar-refractivity contribution in [1.82, 2.24) is 19.7 Å². The number of anilines is 1. The number of nitrogens with one attached hydrogen (secondary N) is 1. The van der Waals surface area contributed by atoms with Crippen LogP contribution in [0, 0.1) is 6.92 Å². The van der Waals surface area contributed by atoms with E-state index in [0.29, 0.717) is 12.2 Å². The van der Waals surface area contributed by atoms with Crippen molar-refractivity contribution in [2.75, 3.05) is 5.32 Å². The number of carbonyl (C=O) groups excluding carboxylic acids is 1. The molecule has 124 valence electrons. The Kier molecular flexibility index (Phi) is 4.71. The fourth-order valence-electron chi connectivity index (χ4n) is 2.38. The number of rotatable bonds is 5. The van der Waals surface area contributed by atoms with E-state index in [-0.39, 0.29) is 11.8 Å². The summed E-state index contributed by atoms with van der Waals surface area (Å²) in [6, 6.07) is 7.71. The second-order valence-electron chi connectivity index (χ2n) is 5.84. The van der Waals surface area contributed by atoms with Crippen LogP contribution >= 0.6 is 11.3 Å². The van der Waals surface area contributed by atoms with Gasteiger partial charge in [-0.15, -0.1) is 11.3 Å². The predicted molar refractivity (Wildman–Crippen MR) is 94.5 cm³/mol. The highest BCUT2D eigenvalue weighted by molar-refractivity contribution is 7.12. The molecule has 0 fully saturated rings. The van der Waals surface area contributed by atoms with E-state index in [1.807, 2.05) is 31.2 Å². The van der Waals surface area contributed by atoms with Gasteiger partial charge in [-0.25, -0.2) is 14.6 Å². The van der Waals surface area contributed by atoms with Crippen molar-refractivity contribution < 1.29 is 4.79 Å². The zero-order valence-electron chi connectivity index (χ0n) is 13.9. The maximum atomic E-state index is 12.5. The molecule has 0 radical (unpaired) electrons. The Morgan fingerprint density at radius 2 is 2.04 bits per heavy atom. The lowest BCUT2D eigenvalue weighted by Gasteiger charge is -2.08. The first-order valence-electron chi connectivity index (χ1n) is 7.73. The van der Waals surface area contributed by atoms with Crippen LogP contribution in [0.25, 0.3) is 0 Å². The summed E-state index contributed by atoms with van der Waals surface area (Å²) in [5.74, 6) is 0.120. The molecule has 1 aromatic carbocycles. The summed E-state index contributed by atoms with van der Waals surface area (Å²) in [5.41, 5.74) is 2.37. The number of carbonyl (C=O) groups is 1. The highest BCUT2D eigenvalue weighted by Gasteiger charge is 2.19. The average Bonchev–Trinajstić information content (AvgIpc) is 3.18. The molecule has 0 atom stereocenters. The van der Waals surface area contributed by atoms with E-state index in [0.717, 1.165) is 21.1 Å². The minimum absolute atomic E-state index is 0.160. The van der Waals surface area contributed by atoms with Gasteiger partial charge in [0.15, 0.2) is 0 Å². The number of benzene rings is 1. The van der Waals surface area contributed by atoms with Gasteiger partial charge in [-0.3, -0.25) is 4.79 Å². The first-order chi connectivity index (χ1) is 11.5. The molecular weight excluding hydrogens is 322 g/mol. The third-order valence-corrected chi connectivity index (χ3v) is 4.79. The van der Waals surface area contributed by atoms with Crippen molar-refractivity contribution in [2.45, 2.75) is 33.2 Å². The predicted octanol–water partition coefficient (Wildman–Crippen LogP) is 3.47. The first kappa shape index (κ1) is 16.3. The molecule has 24 heavy (non-hydrogen) atoms. The van der Waals surface area contributed by atoms with Crippen LogP contribution in [0.4, 0.5) is 5.69 Å². The molecular formula is C17H19N5OS. The molecule has 0 bridgehead atoms. The molecule has 2 aromatic heterocycles. The van der Waals surface area contributed by atoms with Crippen molar-refractivity contribution in [3.63, 3.8) is 0 Å². The number of thiazole rings is 1. The quantitative estimate of drug-likeness (QED) is 0.771. The standard InChI is InChI=1S/C17H19N5OS/c1-11(2)16-15(20-12(3)24-16)17(23)21-14-6-4-13(5-7-14)8-22-10-18-9-19-22/h4-7,9-11H,8H2,1-3H3,(H,21,23). The maximum Gasteiger partial charge on any atom is 0.275 e. The van der Waals surface area contributed by atoms with Crippen LogP contribution in [0.3, 0.4) is 0 Å². The van der Waals surface area contributed by atoms with Crippen LogP contribution in [-0.4, -0.2) is 25.7 Å². The summed E-state index contributed by atoms with van der Waals surface area (Å²) in [6.07, 6.45) is 3.18. The molecule has 3 rings (SSSR count). The molecule has 0 spiro atoms. The minimum atomic E-state index is -0.160. The second-order valence-corrected chi connectivity index (χ2v) is 7.08. The molecule has 6 nitrogen and oxygen atoms in total. The average molecular weight is 341 g/mol. The van der Waals surface area contributed by atoms with E-state index in [4.69, 9.17) is 0 Å².